The lowest BCUT2D eigenvalue weighted by molar-refractivity contribution is -0.123. The summed E-state index contributed by atoms with van der Waals surface area (Å²) in [4.78, 5) is 24.6. The first-order valence-electron chi connectivity index (χ1n) is 8.30. The molecule has 2 aromatic carbocycles. The number of esters is 1. The first-order valence-corrected chi connectivity index (χ1v) is 9.09. The lowest BCUT2D eigenvalue weighted by Gasteiger charge is -2.13. The highest BCUT2D eigenvalue weighted by Crippen LogP contribution is 2.21. The molecule has 0 aliphatic heterocycles. The zero-order valence-electron chi connectivity index (χ0n) is 14.8. The molecule has 0 radical (unpaired) electrons. The average molecular weight is 439 g/mol. The maximum absolute atomic E-state index is 12.3. The van der Waals surface area contributed by atoms with Gasteiger partial charge < -0.3 is 10.1 Å². The Labute approximate surface area is 169 Å². The number of H-pyrrole nitrogens is 1. The average Bonchev–Trinajstić information content (AvgIpc) is 3.19. The summed E-state index contributed by atoms with van der Waals surface area (Å²) in [5.74, 6) is -1.24. The summed E-state index contributed by atoms with van der Waals surface area (Å²) in [6, 6.07) is 17.6. The molecule has 3 rings (SSSR count). The first-order chi connectivity index (χ1) is 13.5. The minimum absolute atomic E-state index is 0.134. The van der Waals surface area contributed by atoms with Crippen molar-refractivity contribution in [2.75, 3.05) is 5.32 Å². The topological polar surface area (TPSA) is 108 Å². The molecule has 1 amide bonds. The standard InChI is InChI=1S/C20H15BrN4O3/c1-12(19(26)23-16-5-3-2-4-14(16)11-22)28-20(27)18-10-17(24-25-18)13-6-8-15(21)9-7-13/h2-10,12H,1H3,(H,23,26)(H,24,25). The fourth-order valence-corrected chi connectivity index (χ4v) is 2.66. The third kappa shape index (κ3) is 4.45. The third-order valence-corrected chi connectivity index (χ3v) is 4.42. The van der Waals surface area contributed by atoms with Gasteiger partial charge in [-0.2, -0.15) is 10.4 Å². The summed E-state index contributed by atoms with van der Waals surface area (Å²) >= 11 is 3.36. The fraction of sp³-hybridized carbons (Fsp3) is 0.100. The van der Waals surface area contributed by atoms with Crippen LogP contribution in [-0.4, -0.2) is 28.2 Å². The number of aromatic amines is 1. The van der Waals surface area contributed by atoms with E-state index in [-0.39, 0.29) is 5.69 Å². The number of hydrogen-bond donors (Lipinski definition) is 2. The molecule has 0 saturated heterocycles. The molecule has 0 aliphatic rings. The highest BCUT2D eigenvalue weighted by Gasteiger charge is 2.21. The number of nitriles is 1. The van der Waals surface area contributed by atoms with Gasteiger partial charge in [-0.25, -0.2) is 4.79 Å². The Hall–Kier alpha value is -3.44. The lowest BCUT2D eigenvalue weighted by Crippen LogP contribution is -2.30. The summed E-state index contributed by atoms with van der Waals surface area (Å²) in [5, 5.41) is 18.4. The van der Waals surface area contributed by atoms with Crippen molar-refractivity contribution in [1.82, 2.24) is 10.2 Å². The van der Waals surface area contributed by atoms with E-state index in [1.807, 2.05) is 30.3 Å². The molecular weight excluding hydrogens is 424 g/mol. The van der Waals surface area contributed by atoms with E-state index in [0.717, 1.165) is 10.0 Å². The normalized spacial score (nSPS) is 11.3. The molecule has 1 unspecified atom stereocenters. The van der Waals surface area contributed by atoms with E-state index in [2.05, 4.69) is 31.4 Å². The molecule has 1 heterocycles. The summed E-state index contributed by atoms with van der Waals surface area (Å²) in [6.07, 6.45) is -1.06. The van der Waals surface area contributed by atoms with Gasteiger partial charge in [-0.15, -0.1) is 0 Å². The number of anilines is 1. The molecule has 7 nitrogen and oxygen atoms in total. The van der Waals surface area contributed by atoms with Crippen LogP contribution in [0.4, 0.5) is 5.69 Å². The summed E-state index contributed by atoms with van der Waals surface area (Å²) in [5.41, 5.74) is 2.23. The number of ether oxygens (including phenoxy) is 1. The van der Waals surface area contributed by atoms with E-state index in [1.165, 1.54) is 6.92 Å². The van der Waals surface area contributed by atoms with E-state index in [0.29, 0.717) is 16.9 Å². The minimum Gasteiger partial charge on any atom is -0.448 e. The van der Waals surface area contributed by atoms with Crippen molar-refractivity contribution in [2.45, 2.75) is 13.0 Å². The van der Waals surface area contributed by atoms with Crippen LogP contribution >= 0.6 is 15.9 Å². The lowest BCUT2D eigenvalue weighted by atomic mass is 10.1. The van der Waals surface area contributed by atoms with Gasteiger partial charge in [0.25, 0.3) is 5.91 Å². The molecule has 140 valence electrons. The Kier molecular flexibility index (Phi) is 5.87. The van der Waals surface area contributed by atoms with Gasteiger partial charge in [0.2, 0.25) is 0 Å². The number of benzene rings is 2. The molecular formula is C20H15BrN4O3. The highest BCUT2D eigenvalue weighted by atomic mass is 79.9. The quantitative estimate of drug-likeness (QED) is 0.587. The monoisotopic (exact) mass is 438 g/mol. The zero-order chi connectivity index (χ0) is 20.1. The second-order valence-electron chi connectivity index (χ2n) is 5.87. The molecule has 2 N–H and O–H groups in total. The highest BCUT2D eigenvalue weighted by molar-refractivity contribution is 9.10. The second-order valence-corrected chi connectivity index (χ2v) is 6.78. The largest absolute Gasteiger partial charge is 0.448 e. The van der Waals surface area contributed by atoms with Gasteiger partial charge in [0.1, 0.15) is 11.8 Å². The smallest absolute Gasteiger partial charge is 0.357 e. The van der Waals surface area contributed by atoms with Gasteiger partial charge in [-0.05, 0) is 37.3 Å². The van der Waals surface area contributed by atoms with Gasteiger partial charge in [0.15, 0.2) is 6.10 Å². The van der Waals surface area contributed by atoms with Crippen LogP contribution in [0.2, 0.25) is 0 Å². The number of halogens is 1. The molecule has 1 aromatic heterocycles. The number of nitrogens with zero attached hydrogens (tertiary/aromatic N) is 2. The van der Waals surface area contributed by atoms with Crippen LogP contribution in [-0.2, 0) is 9.53 Å². The number of aromatic nitrogens is 2. The Bertz CT molecular complexity index is 1050. The van der Waals surface area contributed by atoms with Crippen LogP contribution in [0.15, 0.2) is 59.1 Å². The molecule has 0 aliphatic carbocycles. The summed E-state index contributed by atoms with van der Waals surface area (Å²) in [6.45, 7) is 1.45. The number of nitrogens with one attached hydrogen (secondary N) is 2. The number of carbonyl (C=O) groups excluding carboxylic acids is 2. The van der Waals surface area contributed by atoms with Crippen LogP contribution in [0.25, 0.3) is 11.3 Å². The molecule has 0 spiro atoms. The van der Waals surface area contributed by atoms with E-state index in [4.69, 9.17) is 10.00 Å². The van der Waals surface area contributed by atoms with Crippen molar-refractivity contribution < 1.29 is 14.3 Å². The van der Waals surface area contributed by atoms with Crippen LogP contribution in [0.5, 0.6) is 0 Å². The van der Waals surface area contributed by atoms with Crippen LogP contribution in [0, 0.1) is 11.3 Å². The Morgan fingerprint density at radius 1 is 1.21 bits per heavy atom. The first kappa shape index (κ1) is 19.3. The number of rotatable bonds is 5. The van der Waals surface area contributed by atoms with Crippen molar-refractivity contribution in [2.24, 2.45) is 0 Å². The maximum atomic E-state index is 12.3. The number of carbonyl (C=O) groups is 2. The summed E-state index contributed by atoms with van der Waals surface area (Å²) in [7, 11) is 0. The van der Waals surface area contributed by atoms with E-state index in [9.17, 15) is 9.59 Å². The Morgan fingerprint density at radius 2 is 1.93 bits per heavy atom. The van der Waals surface area contributed by atoms with Crippen molar-refractivity contribution >= 4 is 33.5 Å². The van der Waals surface area contributed by atoms with Crippen molar-refractivity contribution in [3.05, 3.63) is 70.3 Å². The molecule has 28 heavy (non-hydrogen) atoms. The van der Waals surface area contributed by atoms with Crippen LogP contribution < -0.4 is 5.32 Å². The van der Waals surface area contributed by atoms with Gasteiger partial charge in [0, 0.05) is 10.0 Å². The second kappa shape index (κ2) is 8.50. The van der Waals surface area contributed by atoms with E-state index in [1.54, 1.807) is 30.3 Å². The van der Waals surface area contributed by atoms with Crippen LogP contribution in [0.1, 0.15) is 23.0 Å². The van der Waals surface area contributed by atoms with Crippen LogP contribution in [0.3, 0.4) is 0 Å². The fourth-order valence-electron chi connectivity index (χ4n) is 2.40. The molecule has 1 atom stereocenters. The molecule has 0 saturated carbocycles. The van der Waals surface area contributed by atoms with Gasteiger partial charge in [0.05, 0.1) is 16.9 Å². The van der Waals surface area contributed by atoms with E-state index < -0.39 is 18.0 Å². The van der Waals surface area contributed by atoms with Gasteiger partial charge >= 0.3 is 5.97 Å². The number of hydrogen-bond acceptors (Lipinski definition) is 5. The number of para-hydroxylation sites is 1. The molecule has 0 bridgehead atoms. The molecule has 8 heteroatoms. The molecule has 3 aromatic rings. The number of amides is 1. The summed E-state index contributed by atoms with van der Waals surface area (Å²) < 4.78 is 6.13. The zero-order valence-corrected chi connectivity index (χ0v) is 16.4. The van der Waals surface area contributed by atoms with Crippen molar-refractivity contribution in [3.8, 4) is 17.3 Å². The Balaban J connectivity index is 1.65. The third-order valence-electron chi connectivity index (χ3n) is 3.90. The van der Waals surface area contributed by atoms with E-state index >= 15 is 0 Å². The predicted octanol–water partition coefficient (Wildman–Crippen LogP) is 3.89. The SMILES string of the molecule is CC(OC(=O)c1cc(-c2ccc(Br)cc2)n[nH]1)C(=O)Nc1ccccc1C#N. The van der Waals surface area contributed by atoms with Crippen molar-refractivity contribution in [3.63, 3.8) is 0 Å². The predicted molar refractivity (Wildman–Crippen MR) is 106 cm³/mol. The maximum Gasteiger partial charge on any atom is 0.357 e. The van der Waals surface area contributed by atoms with Gasteiger partial charge in [-0.3, -0.25) is 9.89 Å². The Morgan fingerprint density at radius 3 is 2.64 bits per heavy atom. The minimum atomic E-state index is -1.06. The van der Waals surface area contributed by atoms with Crippen molar-refractivity contribution in [1.29, 1.82) is 5.26 Å². The molecule has 0 fully saturated rings. The van der Waals surface area contributed by atoms with Gasteiger partial charge in [-0.1, -0.05) is 40.2 Å².